The number of fused-ring (bicyclic) bond motifs is 1. The highest BCUT2D eigenvalue weighted by Gasteiger charge is 2.13. The Labute approximate surface area is 157 Å². The largest absolute Gasteiger partial charge is 0.465 e. The van der Waals surface area contributed by atoms with E-state index in [0.29, 0.717) is 27.5 Å². The molecule has 0 fully saturated rings. The number of ether oxygens (including phenoxy) is 1. The molecule has 136 valence electrons. The van der Waals surface area contributed by atoms with Crippen molar-refractivity contribution in [1.82, 2.24) is 25.4 Å². The molecule has 0 N–H and O–H groups in total. The van der Waals surface area contributed by atoms with E-state index >= 15 is 0 Å². The Hall–Kier alpha value is -3.46. The third-order valence-electron chi connectivity index (χ3n) is 3.70. The molecule has 0 amide bonds. The molecule has 0 spiro atoms. The molecule has 0 aliphatic rings. The number of hydrogen-bond donors (Lipinski definition) is 0. The minimum atomic E-state index is -0.464. The van der Waals surface area contributed by atoms with Crippen LogP contribution < -0.4 is 4.84 Å². The number of aromatic nitrogens is 5. The Morgan fingerprint density at radius 1 is 1.15 bits per heavy atom. The van der Waals surface area contributed by atoms with Gasteiger partial charge in [-0.15, -0.1) is 15.3 Å². The van der Waals surface area contributed by atoms with Gasteiger partial charge in [-0.2, -0.15) is 0 Å². The number of esters is 1. The van der Waals surface area contributed by atoms with Gasteiger partial charge >= 0.3 is 5.97 Å². The first-order chi connectivity index (χ1) is 13.1. The Morgan fingerprint density at radius 2 is 1.96 bits per heavy atom. The maximum absolute atomic E-state index is 11.7. The highest BCUT2D eigenvalue weighted by atomic mass is 35.5. The predicted octanol–water partition coefficient (Wildman–Crippen LogP) is 2.55. The summed E-state index contributed by atoms with van der Waals surface area (Å²) in [6.07, 6.45) is 0. The van der Waals surface area contributed by atoms with Gasteiger partial charge in [0.05, 0.1) is 12.7 Å². The molecular weight excluding hydrogens is 374 g/mol. The quantitative estimate of drug-likeness (QED) is 0.482. The van der Waals surface area contributed by atoms with Gasteiger partial charge in [0.25, 0.3) is 5.89 Å². The van der Waals surface area contributed by atoms with Gasteiger partial charge in [0.2, 0.25) is 5.89 Å². The van der Waals surface area contributed by atoms with E-state index < -0.39 is 5.97 Å². The molecule has 4 aromatic rings. The minimum Gasteiger partial charge on any atom is -0.465 e. The van der Waals surface area contributed by atoms with Gasteiger partial charge in [-0.25, -0.2) is 4.79 Å². The molecule has 0 aliphatic carbocycles. The van der Waals surface area contributed by atoms with Gasteiger partial charge in [0.1, 0.15) is 11.0 Å². The summed E-state index contributed by atoms with van der Waals surface area (Å²) < 4.78 is 10.3. The van der Waals surface area contributed by atoms with E-state index in [1.807, 2.05) is 0 Å². The average Bonchev–Trinajstić information content (AvgIpc) is 3.32. The Kier molecular flexibility index (Phi) is 4.43. The van der Waals surface area contributed by atoms with Gasteiger partial charge in [-0.1, -0.05) is 16.4 Å². The summed E-state index contributed by atoms with van der Waals surface area (Å²) in [5.74, 6) is 0.142. The van der Waals surface area contributed by atoms with Crippen molar-refractivity contribution in [3.8, 4) is 11.5 Å². The molecule has 0 radical (unpaired) electrons. The second-order valence-corrected chi connectivity index (χ2v) is 5.88. The highest BCUT2D eigenvalue weighted by Crippen LogP contribution is 2.20. The van der Waals surface area contributed by atoms with Crippen LogP contribution >= 0.6 is 11.6 Å². The maximum Gasteiger partial charge on any atom is 0.337 e. The van der Waals surface area contributed by atoms with E-state index in [9.17, 15) is 4.79 Å². The van der Waals surface area contributed by atoms with Crippen LogP contribution in [0.3, 0.4) is 0 Å². The van der Waals surface area contributed by atoms with Crippen molar-refractivity contribution in [2.75, 3.05) is 7.11 Å². The number of benzene rings is 2. The van der Waals surface area contributed by atoms with Crippen molar-refractivity contribution < 1.29 is 18.8 Å². The second-order valence-electron chi connectivity index (χ2n) is 5.44. The molecule has 0 aliphatic heterocycles. The Bertz CT molecular complexity index is 1110. The summed E-state index contributed by atoms with van der Waals surface area (Å²) in [4.78, 5) is 18.4. The van der Waals surface area contributed by atoms with Crippen LogP contribution in [0.1, 0.15) is 16.2 Å². The topological polar surface area (TPSA) is 105 Å². The lowest BCUT2D eigenvalue weighted by Crippen LogP contribution is -2.13. The summed E-state index contributed by atoms with van der Waals surface area (Å²) in [6.45, 7) is -0.0263. The Morgan fingerprint density at radius 3 is 2.74 bits per heavy atom. The number of halogens is 1. The zero-order chi connectivity index (χ0) is 18.8. The molecule has 2 heterocycles. The number of carbonyl (C=O) groups is 1. The van der Waals surface area contributed by atoms with Crippen LogP contribution in [0.25, 0.3) is 22.5 Å². The van der Waals surface area contributed by atoms with Gasteiger partial charge in [0, 0.05) is 10.6 Å². The zero-order valence-electron chi connectivity index (χ0n) is 14.0. The van der Waals surface area contributed by atoms with E-state index in [-0.39, 0.29) is 12.5 Å². The summed E-state index contributed by atoms with van der Waals surface area (Å²) in [5, 5.41) is 16.4. The van der Waals surface area contributed by atoms with E-state index in [1.54, 1.807) is 42.5 Å². The molecule has 0 bridgehead atoms. The number of rotatable bonds is 5. The summed E-state index contributed by atoms with van der Waals surface area (Å²) in [7, 11) is 1.31. The van der Waals surface area contributed by atoms with Crippen molar-refractivity contribution in [1.29, 1.82) is 0 Å². The van der Waals surface area contributed by atoms with Crippen molar-refractivity contribution in [2.24, 2.45) is 0 Å². The highest BCUT2D eigenvalue weighted by molar-refractivity contribution is 6.30. The average molecular weight is 386 g/mol. The van der Waals surface area contributed by atoms with Crippen LogP contribution in [0.4, 0.5) is 0 Å². The van der Waals surface area contributed by atoms with Gasteiger partial charge in [-0.05, 0) is 47.7 Å². The maximum atomic E-state index is 11.7. The lowest BCUT2D eigenvalue weighted by Gasteiger charge is -2.03. The number of nitrogens with zero attached hydrogens (tertiary/aromatic N) is 5. The molecule has 2 aromatic heterocycles. The minimum absolute atomic E-state index is 0.0263. The van der Waals surface area contributed by atoms with Crippen molar-refractivity contribution in [2.45, 2.75) is 6.61 Å². The molecule has 27 heavy (non-hydrogen) atoms. The number of hydrogen-bond acceptors (Lipinski definition) is 8. The lowest BCUT2D eigenvalue weighted by molar-refractivity contribution is 0.0594. The first-order valence-corrected chi connectivity index (χ1v) is 8.17. The summed E-state index contributed by atoms with van der Waals surface area (Å²) >= 11 is 5.87. The molecule has 10 heteroatoms. The normalized spacial score (nSPS) is 10.9. The van der Waals surface area contributed by atoms with Crippen LogP contribution in [0.5, 0.6) is 0 Å². The fourth-order valence-corrected chi connectivity index (χ4v) is 2.50. The first-order valence-electron chi connectivity index (χ1n) is 7.79. The van der Waals surface area contributed by atoms with Gasteiger partial charge < -0.3 is 14.0 Å². The molecule has 4 rings (SSSR count). The molecule has 0 unspecified atom stereocenters. The first kappa shape index (κ1) is 17.0. The zero-order valence-corrected chi connectivity index (χ0v) is 14.8. The number of carbonyl (C=O) groups excluding carboxylic acids is 1. The second kappa shape index (κ2) is 7.04. The van der Waals surface area contributed by atoms with Gasteiger partial charge in [0.15, 0.2) is 6.61 Å². The van der Waals surface area contributed by atoms with Crippen LogP contribution in [0.2, 0.25) is 5.02 Å². The van der Waals surface area contributed by atoms with E-state index in [1.165, 1.54) is 12.0 Å². The van der Waals surface area contributed by atoms with E-state index in [4.69, 9.17) is 25.6 Å². The molecule has 0 atom stereocenters. The van der Waals surface area contributed by atoms with Crippen LogP contribution in [0, 0.1) is 0 Å². The monoisotopic (exact) mass is 385 g/mol. The van der Waals surface area contributed by atoms with Crippen molar-refractivity contribution >= 4 is 28.6 Å². The fraction of sp³-hybridized carbons (Fsp3) is 0.118. The Balaban J connectivity index is 1.52. The van der Waals surface area contributed by atoms with Crippen LogP contribution in [-0.4, -0.2) is 38.4 Å². The van der Waals surface area contributed by atoms with Gasteiger partial charge in [-0.3, -0.25) is 0 Å². The van der Waals surface area contributed by atoms with E-state index in [0.717, 1.165) is 5.56 Å². The lowest BCUT2D eigenvalue weighted by atomic mass is 10.2. The van der Waals surface area contributed by atoms with Crippen molar-refractivity contribution in [3.63, 3.8) is 0 Å². The molecule has 0 saturated heterocycles. The SMILES string of the molecule is COC(=O)c1ccc2nnn(OCc3nnc(-c4ccc(Cl)cc4)o3)c2c1. The van der Waals surface area contributed by atoms with Crippen LogP contribution in [0.15, 0.2) is 46.9 Å². The molecular formula is C17H12ClN5O4. The van der Waals surface area contributed by atoms with E-state index in [2.05, 4.69) is 20.5 Å². The molecule has 0 saturated carbocycles. The van der Waals surface area contributed by atoms with Crippen LogP contribution in [-0.2, 0) is 11.3 Å². The predicted molar refractivity (Wildman–Crippen MR) is 93.9 cm³/mol. The smallest absolute Gasteiger partial charge is 0.337 e. The fourth-order valence-electron chi connectivity index (χ4n) is 2.38. The third-order valence-corrected chi connectivity index (χ3v) is 3.96. The number of methoxy groups -OCH3 is 1. The summed E-state index contributed by atoms with van der Waals surface area (Å²) in [5.41, 5.74) is 2.18. The standard InChI is InChI=1S/C17H12ClN5O4/c1-25-17(24)11-4-7-13-14(8-11)23(22-19-13)26-9-15-20-21-16(27-15)10-2-5-12(18)6-3-10/h2-8H,9H2,1H3. The third kappa shape index (κ3) is 3.44. The van der Waals surface area contributed by atoms with Crippen molar-refractivity contribution in [3.05, 3.63) is 58.9 Å². The summed E-state index contributed by atoms with van der Waals surface area (Å²) in [6, 6.07) is 11.9. The molecule has 9 nitrogen and oxygen atoms in total. The molecule has 2 aromatic carbocycles.